The fraction of sp³-hybridized carbons (Fsp3) is 0.280. The van der Waals surface area contributed by atoms with Crippen LogP contribution in [0.25, 0.3) is 33.0 Å². The Labute approximate surface area is 192 Å². The number of hydrogen-bond donors (Lipinski definition) is 1. The Morgan fingerprint density at radius 1 is 1.00 bits per heavy atom. The molecule has 0 saturated heterocycles. The molecule has 33 heavy (non-hydrogen) atoms. The zero-order chi connectivity index (χ0) is 23.3. The highest BCUT2D eigenvalue weighted by molar-refractivity contribution is 7.90. The van der Waals surface area contributed by atoms with Gasteiger partial charge in [0.1, 0.15) is 0 Å². The van der Waals surface area contributed by atoms with Crippen LogP contribution < -0.4 is 10.9 Å². The first kappa shape index (κ1) is 21.5. The van der Waals surface area contributed by atoms with Crippen LogP contribution in [0, 0.1) is 5.92 Å². The summed E-state index contributed by atoms with van der Waals surface area (Å²) < 4.78 is 28.0. The quantitative estimate of drug-likeness (QED) is 0.471. The fourth-order valence-corrected chi connectivity index (χ4v) is 4.78. The molecule has 0 bridgehead atoms. The van der Waals surface area contributed by atoms with Crippen molar-refractivity contribution in [3.63, 3.8) is 0 Å². The van der Waals surface area contributed by atoms with Gasteiger partial charge in [-0.2, -0.15) is 5.10 Å². The van der Waals surface area contributed by atoms with E-state index in [1.54, 1.807) is 40.8 Å². The number of nitrogens with zero attached hydrogens (tertiary/aromatic N) is 3. The van der Waals surface area contributed by atoms with Gasteiger partial charge in [-0.1, -0.05) is 6.07 Å². The molecule has 8 heteroatoms. The maximum absolute atomic E-state index is 12.9. The molecule has 1 N–H and O–H groups in total. The topological polar surface area (TPSA) is 86.0 Å². The van der Waals surface area contributed by atoms with Gasteiger partial charge in [0.15, 0.2) is 9.84 Å². The molecule has 2 heterocycles. The minimum Gasteiger partial charge on any atom is -0.384 e. The van der Waals surface area contributed by atoms with Gasteiger partial charge < -0.3 is 9.88 Å². The first-order valence-electron chi connectivity index (χ1n) is 10.9. The molecule has 0 unspecified atom stereocenters. The number of fused-ring (bicyclic) bond motifs is 1. The molecule has 1 fully saturated rings. The van der Waals surface area contributed by atoms with Gasteiger partial charge in [-0.3, -0.25) is 9.48 Å². The Balaban J connectivity index is 1.77. The summed E-state index contributed by atoms with van der Waals surface area (Å²) in [6.45, 7) is 0.843. The lowest BCUT2D eigenvalue weighted by atomic mass is 9.96. The van der Waals surface area contributed by atoms with Crippen molar-refractivity contribution < 1.29 is 8.42 Å². The largest absolute Gasteiger partial charge is 0.384 e. The molecule has 7 nitrogen and oxygen atoms in total. The van der Waals surface area contributed by atoms with Crippen molar-refractivity contribution in [1.29, 1.82) is 0 Å². The molecule has 1 aliphatic rings. The predicted octanol–water partition coefficient (Wildman–Crippen LogP) is 3.83. The van der Waals surface area contributed by atoms with E-state index in [2.05, 4.69) is 10.4 Å². The maximum Gasteiger partial charge on any atom is 0.258 e. The molecule has 0 atom stereocenters. The third kappa shape index (κ3) is 4.18. The van der Waals surface area contributed by atoms with Crippen molar-refractivity contribution in [1.82, 2.24) is 14.3 Å². The normalized spacial score (nSPS) is 14.0. The van der Waals surface area contributed by atoms with Crippen LogP contribution in [0.2, 0.25) is 0 Å². The van der Waals surface area contributed by atoms with Crippen molar-refractivity contribution in [2.45, 2.75) is 17.7 Å². The number of sulfone groups is 1. The lowest BCUT2D eigenvalue weighted by Gasteiger charge is -2.17. The third-order valence-electron chi connectivity index (χ3n) is 6.21. The Hall–Kier alpha value is -3.39. The van der Waals surface area contributed by atoms with Gasteiger partial charge in [0.05, 0.1) is 11.1 Å². The summed E-state index contributed by atoms with van der Waals surface area (Å²) in [6, 6.07) is 10.9. The minimum atomic E-state index is -3.40. The average molecular weight is 463 g/mol. The number of aryl methyl sites for hydroxylation is 2. The molecule has 0 aliphatic heterocycles. The monoisotopic (exact) mass is 462 g/mol. The van der Waals surface area contributed by atoms with E-state index in [0.29, 0.717) is 11.3 Å². The first-order valence-corrected chi connectivity index (χ1v) is 12.8. The van der Waals surface area contributed by atoms with Crippen LogP contribution in [0.3, 0.4) is 0 Å². The lowest BCUT2D eigenvalue weighted by Crippen LogP contribution is -2.17. The van der Waals surface area contributed by atoms with E-state index in [1.807, 2.05) is 37.5 Å². The lowest BCUT2D eigenvalue weighted by molar-refractivity contribution is 0.602. The summed E-state index contributed by atoms with van der Waals surface area (Å²) in [4.78, 5) is 13.2. The predicted molar refractivity (Wildman–Crippen MR) is 131 cm³/mol. The second-order valence-electron chi connectivity index (χ2n) is 8.93. The van der Waals surface area contributed by atoms with Gasteiger partial charge in [0, 0.05) is 67.1 Å². The van der Waals surface area contributed by atoms with Crippen LogP contribution in [0.5, 0.6) is 0 Å². The van der Waals surface area contributed by atoms with Gasteiger partial charge >= 0.3 is 0 Å². The van der Waals surface area contributed by atoms with E-state index in [0.717, 1.165) is 39.9 Å². The first-order chi connectivity index (χ1) is 15.7. The van der Waals surface area contributed by atoms with Crippen LogP contribution >= 0.6 is 0 Å². The minimum absolute atomic E-state index is 0.0988. The van der Waals surface area contributed by atoms with Crippen LogP contribution in [-0.4, -0.2) is 35.6 Å². The molecule has 170 valence electrons. The van der Waals surface area contributed by atoms with Gasteiger partial charge in [-0.15, -0.1) is 0 Å². The Bertz CT molecular complexity index is 1550. The number of benzene rings is 2. The number of hydrogen-bond acceptors (Lipinski definition) is 5. The zero-order valence-electron chi connectivity index (χ0n) is 18.9. The molecule has 0 radical (unpaired) electrons. The van der Waals surface area contributed by atoms with E-state index in [1.165, 1.54) is 19.1 Å². The highest BCUT2D eigenvalue weighted by Crippen LogP contribution is 2.37. The SMILES string of the molecule is Cn1cc(-c2ccc3c(=O)n(C)cc(-c4cc(S(C)(=O)=O)ccc4NCC4CC4)c3c2)cn1. The summed E-state index contributed by atoms with van der Waals surface area (Å²) in [6.07, 6.45) is 9.13. The molecule has 2 aromatic heterocycles. The summed E-state index contributed by atoms with van der Waals surface area (Å²) in [7, 11) is 0.185. The maximum atomic E-state index is 12.9. The average Bonchev–Trinajstić information content (AvgIpc) is 3.52. The standard InChI is InChI=1S/C25H26N4O3S/c1-28-15-23(21-10-17(6-8-20(21)25(28)30)18-13-27-29(2)14-18)22-11-19(33(3,31)32)7-9-24(22)26-12-16-4-5-16/h6-11,13-16,26H,4-5,12H2,1-3H3. The van der Waals surface area contributed by atoms with Crippen LogP contribution in [0.1, 0.15) is 12.8 Å². The number of nitrogens with one attached hydrogen (secondary N) is 1. The van der Waals surface area contributed by atoms with Crippen molar-refractivity contribution in [3.8, 4) is 22.3 Å². The molecule has 1 saturated carbocycles. The molecule has 0 spiro atoms. The molecular formula is C25H26N4O3S. The number of anilines is 1. The Morgan fingerprint density at radius 2 is 1.79 bits per heavy atom. The zero-order valence-corrected chi connectivity index (χ0v) is 19.7. The second kappa shape index (κ2) is 7.88. The van der Waals surface area contributed by atoms with E-state index in [-0.39, 0.29) is 10.5 Å². The van der Waals surface area contributed by atoms with Crippen LogP contribution in [0.4, 0.5) is 5.69 Å². The van der Waals surface area contributed by atoms with Crippen LogP contribution in [-0.2, 0) is 23.9 Å². The molecule has 0 amide bonds. The number of aromatic nitrogens is 3. The summed E-state index contributed by atoms with van der Waals surface area (Å²) in [5, 5.41) is 9.13. The van der Waals surface area contributed by atoms with Gasteiger partial charge in [0.25, 0.3) is 5.56 Å². The van der Waals surface area contributed by atoms with E-state index in [4.69, 9.17) is 0 Å². The van der Waals surface area contributed by atoms with E-state index in [9.17, 15) is 13.2 Å². The summed E-state index contributed by atoms with van der Waals surface area (Å²) >= 11 is 0. The highest BCUT2D eigenvalue weighted by Gasteiger charge is 2.22. The van der Waals surface area contributed by atoms with Gasteiger partial charge in [-0.05, 0) is 60.0 Å². The highest BCUT2D eigenvalue weighted by atomic mass is 32.2. The molecule has 2 aromatic carbocycles. The Kier molecular flexibility index (Phi) is 5.12. The van der Waals surface area contributed by atoms with Crippen molar-refractivity contribution in [2.24, 2.45) is 20.0 Å². The summed E-state index contributed by atoms with van der Waals surface area (Å²) in [5.41, 5.74) is 4.23. The Morgan fingerprint density at radius 3 is 2.45 bits per heavy atom. The molecular weight excluding hydrogens is 436 g/mol. The van der Waals surface area contributed by atoms with Crippen molar-refractivity contribution in [3.05, 3.63) is 65.3 Å². The fourth-order valence-electron chi connectivity index (χ4n) is 4.14. The van der Waals surface area contributed by atoms with Crippen molar-refractivity contribution >= 4 is 26.3 Å². The van der Waals surface area contributed by atoms with Crippen molar-refractivity contribution in [2.75, 3.05) is 18.1 Å². The molecule has 4 aromatic rings. The number of pyridine rings is 1. The van der Waals surface area contributed by atoms with E-state index < -0.39 is 9.84 Å². The van der Waals surface area contributed by atoms with Crippen LogP contribution in [0.15, 0.2) is 64.7 Å². The molecule has 1 aliphatic carbocycles. The smallest absolute Gasteiger partial charge is 0.258 e. The van der Waals surface area contributed by atoms with Gasteiger partial charge in [-0.25, -0.2) is 8.42 Å². The van der Waals surface area contributed by atoms with E-state index >= 15 is 0 Å². The number of rotatable bonds is 6. The third-order valence-corrected chi connectivity index (χ3v) is 7.32. The second-order valence-corrected chi connectivity index (χ2v) is 10.9. The van der Waals surface area contributed by atoms with Gasteiger partial charge in [0.2, 0.25) is 0 Å². The molecule has 5 rings (SSSR count). The summed E-state index contributed by atoms with van der Waals surface area (Å²) in [5.74, 6) is 0.654.